The van der Waals surface area contributed by atoms with E-state index in [1.54, 1.807) is 29.6 Å². The predicted molar refractivity (Wildman–Crippen MR) is 70.7 cm³/mol. The lowest BCUT2D eigenvalue weighted by molar-refractivity contribution is -0.176. The molecule has 2 atom stereocenters. The van der Waals surface area contributed by atoms with Crippen LogP contribution in [0.4, 0.5) is 13.2 Å². The van der Waals surface area contributed by atoms with Crippen LogP contribution in [0.15, 0.2) is 28.7 Å². The normalized spacial score (nSPS) is 28.0. The molecule has 0 aromatic heterocycles. The SMILES string of the molecule is CC1(c2ccc(Br)cc2)CC1(NC(=O)C(F)(F)F)C(=O)O. The molecular weight excluding hydrogens is 355 g/mol. The van der Waals surface area contributed by atoms with E-state index < -0.39 is 29.0 Å². The Labute approximate surface area is 126 Å². The summed E-state index contributed by atoms with van der Waals surface area (Å²) in [6, 6.07) is 6.57. The summed E-state index contributed by atoms with van der Waals surface area (Å²) in [6.45, 7) is 1.51. The second-order valence-electron chi connectivity index (χ2n) is 5.18. The van der Waals surface area contributed by atoms with Gasteiger partial charge in [0.25, 0.3) is 0 Å². The molecule has 0 spiro atoms. The maximum Gasteiger partial charge on any atom is 0.471 e. The van der Waals surface area contributed by atoms with E-state index in [-0.39, 0.29) is 6.42 Å². The Morgan fingerprint density at radius 3 is 2.24 bits per heavy atom. The van der Waals surface area contributed by atoms with Crippen LogP contribution in [0.2, 0.25) is 0 Å². The van der Waals surface area contributed by atoms with Gasteiger partial charge in [0, 0.05) is 9.89 Å². The summed E-state index contributed by atoms with van der Waals surface area (Å²) in [5.74, 6) is -3.73. The molecule has 0 heterocycles. The van der Waals surface area contributed by atoms with Gasteiger partial charge in [0.1, 0.15) is 5.54 Å². The van der Waals surface area contributed by atoms with E-state index in [4.69, 9.17) is 0 Å². The van der Waals surface area contributed by atoms with E-state index in [0.717, 1.165) is 4.47 Å². The van der Waals surface area contributed by atoms with Crippen LogP contribution in [0.1, 0.15) is 18.9 Å². The Bertz CT molecular complexity index is 602. The number of rotatable bonds is 3. The number of amides is 1. The van der Waals surface area contributed by atoms with Crippen LogP contribution < -0.4 is 5.32 Å². The van der Waals surface area contributed by atoms with Gasteiger partial charge in [0.05, 0.1) is 0 Å². The number of hydrogen-bond donors (Lipinski definition) is 2. The molecule has 2 rings (SSSR count). The zero-order valence-corrected chi connectivity index (χ0v) is 12.4. The van der Waals surface area contributed by atoms with E-state index in [2.05, 4.69) is 15.9 Å². The van der Waals surface area contributed by atoms with Gasteiger partial charge in [0.15, 0.2) is 0 Å². The van der Waals surface area contributed by atoms with Crippen LogP contribution in [0.25, 0.3) is 0 Å². The van der Waals surface area contributed by atoms with Gasteiger partial charge in [-0.1, -0.05) is 35.0 Å². The second kappa shape index (κ2) is 4.72. The van der Waals surface area contributed by atoms with Gasteiger partial charge in [0.2, 0.25) is 0 Å². The fraction of sp³-hybridized carbons (Fsp3) is 0.385. The van der Waals surface area contributed by atoms with E-state index >= 15 is 0 Å². The first-order valence-electron chi connectivity index (χ1n) is 5.92. The maximum absolute atomic E-state index is 12.4. The highest BCUT2D eigenvalue weighted by Gasteiger charge is 2.72. The molecule has 1 aromatic rings. The van der Waals surface area contributed by atoms with Crippen molar-refractivity contribution in [3.05, 3.63) is 34.3 Å². The average molecular weight is 366 g/mol. The smallest absolute Gasteiger partial charge is 0.471 e. The van der Waals surface area contributed by atoms with Gasteiger partial charge in [-0.25, -0.2) is 4.79 Å². The number of nitrogens with one attached hydrogen (secondary N) is 1. The first-order chi connectivity index (χ1) is 9.53. The number of aliphatic carboxylic acids is 1. The van der Waals surface area contributed by atoms with Crippen molar-refractivity contribution in [2.45, 2.75) is 30.5 Å². The number of halogens is 4. The van der Waals surface area contributed by atoms with Crippen LogP contribution in [-0.4, -0.2) is 28.7 Å². The summed E-state index contributed by atoms with van der Waals surface area (Å²) < 4.78 is 37.9. The number of carboxylic acids is 1. The lowest BCUT2D eigenvalue weighted by Crippen LogP contribution is -2.52. The Morgan fingerprint density at radius 2 is 1.81 bits per heavy atom. The summed E-state index contributed by atoms with van der Waals surface area (Å²) in [6.07, 6.45) is -5.22. The minimum Gasteiger partial charge on any atom is -0.479 e. The second-order valence-corrected chi connectivity index (χ2v) is 6.09. The molecule has 1 aliphatic carbocycles. The number of carbonyl (C=O) groups excluding carboxylic acids is 1. The lowest BCUT2D eigenvalue weighted by Gasteiger charge is -2.21. The fourth-order valence-corrected chi connectivity index (χ4v) is 2.73. The highest BCUT2D eigenvalue weighted by molar-refractivity contribution is 9.10. The van der Waals surface area contributed by atoms with Crippen LogP contribution in [0, 0.1) is 0 Å². The minimum atomic E-state index is -5.12. The van der Waals surface area contributed by atoms with Crippen LogP contribution in [0.5, 0.6) is 0 Å². The molecule has 114 valence electrons. The highest BCUT2D eigenvalue weighted by Crippen LogP contribution is 2.57. The van der Waals surface area contributed by atoms with Crippen LogP contribution in [-0.2, 0) is 15.0 Å². The van der Waals surface area contributed by atoms with E-state index in [9.17, 15) is 27.9 Å². The molecule has 1 amide bonds. The summed E-state index contributed by atoms with van der Waals surface area (Å²) in [7, 11) is 0. The molecule has 1 aromatic carbocycles. The largest absolute Gasteiger partial charge is 0.479 e. The minimum absolute atomic E-state index is 0.0984. The first kappa shape index (κ1) is 15.8. The third-order valence-corrected chi connectivity index (χ3v) is 4.40. The Kier molecular flexibility index (Phi) is 3.56. The molecule has 8 heteroatoms. The zero-order valence-electron chi connectivity index (χ0n) is 10.8. The molecule has 1 fully saturated rings. The molecule has 4 nitrogen and oxygen atoms in total. The maximum atomic E-state index is 12.4. The molecule has 0 bridgehead atoms. The Hall–Kier alpha value is -1.57. The highest BCUT2D eigenvalue weighted by atomic mass is 79.9. The topological polar surface area (TPSA) is 66.4 Å². The third-order valence-electron chi connectivity index (χ3n) is 3.87. The Morgan fingerprint density at radius 1 is 1.29 bits per heavy atom. The molecule has 1 aliphatic rings. The van der Waals surface area contributed by atoms with Crippen molar-refractivity contribution < 1.29 is 27.9 Å². The van der Waals surface area contributed by atoms with Crippen molar-refractivity contribution >= 4 is 27.8 Å². The summed E-state index contributed by atoms with van der Waals surface area (Å²) >= 11 is 3.22. The van der Waals surface area contributed by atoms with Crippen molar-refractivity contribution in [2.75, 3.05) is 0 Å². The monoisotopic (exact) mass is 365 g/mol. The van der Waals surface area contributed by atoms with Crippen molar-refractivity contribution in [2.24, 2.45) is 0 Å². The predicted octanol–water partition coefficient (Wildman–Crippen LogP) is 2.61. The van der Waals surface area contributed by atoms with E-state index in [1.807, 2.05) is 0 Å². The van der Waals surface area contributed by atoms with Crippen LogP contribution in [0.3, 0.4) is 0 Å². The molecule has 0 saturated heterocycles. The summed E-state index contributed by atoms with van der Waals surface area (Å²) in [4.78, 5) is 22.5. The van der Waals surface area contributed by atoms with Gasteiger partial charge in [-0.2, -0.15) is 13.2 Å². The van der Waals surface area contributed by atoms with Gasteiger partial charge >= 0.3 is 18.1 Å². The molecular formula is C13H11BrF3NO3. The lowest BCUT2D eigenvalue weighted by atomic mass is 9.92. The number of carboxylic acid groups (broad SMARTS) is 1. The third kappa shape index (κ3) is 2.52. The van der Waals surface area contributed by atoms with Crippen molar-refractivity contribution in [1.82, 2.24) is 5.32 Å². The number of alkyl halides is 3. The molecule has 1 saturated carbocycles. The Balaban J connectivity index is 2.33. The standard InChI is InChI=1S/C13H11BrF3NO3/c1-11(7-2-4-8(14)5-3-7)6-12(11,10(20)21)18-9(19)13(15,16)17/h2-5H,6H2,1H3,(H,18,19)(H,20,21). The van der Waals surface area contributed by atoms with Gasteiger partial charge in [-0.15, -0.1) is 0 Å². The quantitative estimate of drug-likeness (QED) is 0.865. The number of hydrogen-bond acceptors (Lipinski definition) is 2. The molecule has 0 radical (unpaired) electrons. The van der Waals surface area contributed by atoms with Crippen LogP contribution >= 0.6 is 15.9 Å². The van der Waals surface area contributed by atoms with Crippen molar-refractivity contribution in [3.8, 4) is 0 Å². The van der Waals surface area contributed by atoms with E-state index in [0.29, 0.717) is 5.56 Å². The van der Waals surface area contributed by atoms with Gasteiger partial charge in [-0.05, 0) is 24.1 Å². The van der Waals surface area contributed by atoms with Crippen molar-refractivity contribution in [3.63, 3.8) is 0 Å². The molecule has 21 heavy (non-hydrogen) atoms. The molecule has 0 aliphatic heterocycles. The zero-order chi connectivity index (χ0) is 16.1. The van der Waals surface area contributed by atoms with Crippen molar-refractivity contribution in [1.29, 1.82) is 0 Å². The summed E-state index contributed by atoms with van der Waals surface area (Å²) in [5, 5.41) is 10.9. The average Bonchev–Trinajstić information content (AvgIpc) is 2.97. The first-order valence-corrected chi connectivity index (χ1v) is 6.71. The van der Waals surface area contributed by atoms with Gasteiger partial charge in [-0.3, -0.25) is 4.79 Å². The fourth-order valence-electron chi connectivity index (χ4n) is 2.46. The van der Waals surface area contributed by atoms with E-state index in [1.165, 1.54) is 6.92 Å². The van der Waals surface area contributed by atoms with Gasteiger partial charge < -0.3 is 10.4 Å². The molecule has 2 N–H and O–H groups in total. The summed E-state index contributed by atoms with van der Waals surface area (Å²) in [5.41, 5.74) is -2.47. The molecule has 2 unspecified atom stereocenters. The number of benzene rings is 1. The number of carbonyl (C=O) groups is 2.